The van der Waals surface area contributed by atoms with Crippen LogP contribution in [0.1, 0.15) is 17.5 Å². The number of nitrogens with two attached hydrogens (primary N) is 1. The van der Waals surface area contributed by atoms with Crippen molar-refractivity contribution in [1.82, 2.24) is 5.32 Å². The SMILES string of the molecule is Cc1cc(F)ccc1CCNC(=O)CCN. The van der Waals surface area contributed by atoms with Crippen LogP contribution >= 0.6 is 0 Å². The third-order valence-corrected chi connectivity index (χ3v) is 2.39. The maximum Gasteiger partial charge on any atom is 0.221 e. The Labute approximate surface area is 94.8 Å². The van der Waals surface area contributed by atoms with Gasteiger partial charge in [-0.1, -0.05) is 6.07 Å². The number of hydrogen-bond donors (Lipinski definition) is 2. The predicted molar refractivity (Wildman–Crippen MR) is 61.5 cm³/mol. The van der Waals surface area contributed by atoms with Gasteiger partial charge in [-0.3, -0.25) is 4.79 Å². The Kier molecular flexibility index (Phi) is 4.92. The van der Waals surface area contributed by atoms with Gasteiger partial charge in [0.15, 0.2) is 0 Å². The van der Waals surface area contributed by atoms with Crippen LogP contribution in [0, 0.1) is 12.7 Å². The molecule has 0 bridgehead atoms. The number of carbonyl (C=O) groups is 1. The standard InChI is InChI=1S/C12H17FN2O/c1-9-8-11(13)3-2-10(9)5-7-15-12(16)4-6-14/h2-3,8H,4-7,14H2,1H3,(H,15,16). The van der Waals surface area contributed by atoms with E-state index in [2.05, 4.69) is 5.32 Å². The minimum atomic E-state index is -0.228. The topological polar surface area (TPSA) is 55.1 Å². The van der Waals surface area contributed by atoms with E-state index in [-0.39, 0.29) is 11.7 Å². The summed E-state index contributed by atoms with van der Waals surface area (Å²) in [4.78, 5) is 11.1. The van der Waals surface area contributed by atoms with Gasteiger partial charge in [0.1, 0.15) is 5.82 Å². The zero-order chi connectivity index (χ0) is 12.0. The average molecular weight is 224 g/mol. The van der Waals surface area contributed by atoms with Crippen LogP contribution in [0.5, 0.6) is 0 Å². The third kappa shape index (κ3) is 3.98. The van der Waals surface area contributed by atoms with E-state index in [1.807, 2.05) is 6.92 Å². The monoisotopic (exact) mass is 224 g/mol. The largest absolute Gasteiger partial charge is 0.356 e. The molecule has 0 heterocycles. The Morgan fingerprint density at radius 2 is 2.25 bits per heavy atom. The van der Waals surface area contributed by atoms with E-state index >= 15 is 0 Å². The number of halogens is 1. The molecule has 0 spiro atoms. The molecule has 4 heteroatoms. The first-order chi connectivity index (χ1) is 7.63. The van der Waals surface area contributed by atoms with Gasteiger partial charge in [0.05, 0.1) is 0 Å². The molecule has 3 nitrogen and oxygen atoms in total. The summed E-state index contributed by atoms with van der Waals surface area (Å²) in [6.07, 6.45) is 1.06. The number of nitrogens with one attached hydrogen (secondary N) is 1. The quantitative estimate of drug-likeness (QED) is 0.788. The van der Waals surface area contributed by atoms with E-state index in [0.717, 1.165) is 11.1 Å². The molecular formula is C12H17FN2O. The molecule has 1 rings (SSSR count). The van der Waals surface area contributed by atoms with Crippen molar-refractivity contribution in [2.75, 3.05) is 13.1 Å². The zero-order valence-electron chi connectivity index (χ0n) is 9.42. The fraction of sp³-hybridized carbons (Fsp3) is 0.417. The second kappa shape index (κ2) is 6.23. The molecule has 1 aromatic carbocycles. The fourth-order valence-corrected chi connectivity index (χ4v) is 1.50. The van der Waals surface area contributed by atoms with Gasteiger partial charge in [0.2, 0.25) is 5.91 Å². The van der Waals surface area contributed by atoms with E-state index in [0.29, 0.717) is 25.9 Å². The Balaban J connectivity index is 2.40. The van der Waals surface area contributed by atoms with E-state index in [9.17, 15) is 9.18 Å². The zero-order valence-corrected chi connectivity index (χ0v) is 9.42. The van der Waals surface area contributed by atoms with Crippen LogP contribution in [-0.4, -0.2) is 19.0 Å². The van der Waals surface area contributed by atoms with Crippen molar-refractivity contribution in [2.45, 2.75) is 19.8 Å². The van der Waals surface area contributed by atoms with Crippen molar-refractivity contribution in [2.24, 2.45) is 5.73 Å². The first-order valence-corrected chi connectivity index (χ1v) is 5.35. The number of aryl methyl sites for hydroxylation is 1. The smallest absolute Gasteiger partial charge is 0.221 e. The van der Waals surface area contributed by atoms with Crippen LogP contribution in [0.15, 0.2) is 18.2 Å². The predicted octanol–water partition coefficient (Wildman–Crippen LogP) is 1.14. The van der Waals surface area contributed by atoms with Gasteiger partial charge in [-0.25, -0.2) is 4.39 Å². The highest BCUT2D eigenvalue weighted by Crippen LogP contribution is 2.10. The minimum absolute atomic E-state index is 0.0396. The lowest BCUT2D eigenvalue weighted by Gasteiger charge is -2.07. The summed E-state index contributed by atoms with van der Waals surface area (Å²) >= 11 is 0. The number of amides is 1. The lowest BCUT2D eigenvalue weighted by molar-refractivity contribution is -0.120. The van der Waals surface area contributed by atoms with Crippen LogP contribution in [0.25, 0.3) is 0 Å². The van der Waals surface area contributed by atoms with Gasteiger partial charge in [-0.15, -0.1) is 0 Å². The molecule has 0 atom stereocenters. The Morgan fingerprint density at radius 3 is 2.88 bits per heavy atom. The van der Waals surface area contributed by atoms with Crippen LogP contribution in [-0.2, 0) is 11.2 Å². The Morgan fingerprint density at radius 1 is 1.50 bits per heavy atom. The highest BCUT2D eigenvalue weighted by atomic mass is 19.1. The van der Waals surface area contributed by atoms with E-state index in [4.69, 9.17) is 5.73 Å². The average Bonchev–Trinajstić information content (AvgIpc) is 2.22. The molecule has 0 aliphatic heterocycles. The molecule has 0 radical (unpaired) electrons. The molecule has 0 aliphatic rings. The van der Waals surface area contributed by atoms with E-state index in [1.165, 1.54) is 12.1 Å². The fourth-order valence-electron chi connectivity index (χ4n) is 1.50. The van der Waals surface area contributed by atoms with Gasteiger partial charge >= 0.3 is 0 Å². The number of hydrogen-bond acceptors (Lipinski definition) is 2. The van der Waals surface area contributed by atoms with Crippen LogP contribution in [0.3, 0.4) is 0 Å². The van der Waals surface area contributed by atoms with Gasteiger partial charge in [-0.2, -0.15) is 0 Å². The molecule has 0 saturated heterocycles. The molecule has 1 amide bonds. The second-order valence-corrected chi connectivity index (χ2v) is 3.71. The van der Waals surface area contributed by atoms with Crippen LogP contribution < -0.4 is 11.1 Å². The van der Waals surface area contributed by atoms with Gasteiger partial charge in [0, 0.05) is 19.5 Å². The first-order valence-electron chi connectivity index (χ1n) is 5.35. The lowest BCUT2D eigenvalue weighted by atomic mass is 10.1. The van der Waals surface area contributed by atoms with Crippen LogP contribution in [0.4, 0.5) is 4.39 Å². The summed E-state index contributed by atoms with van der Waals surface area (Å²) in [7, 11) is 0. The van der Waals surface area contributed by atoms with Crippen molar-refractivity contribution < 1.29 is 9.18 Å². The summed E-state index contributed by atoms with van der Waals surface area (Å²) in [5.74, 6) is -0.268. The summed E-state index contributed by atoms with van der Waals surface area (Å²) in [6, 6.07) is 4.68. The summed E-state index contributed by atoms with van der Waals surface area (Å²) in [6.45, 7) is 2.78. The second-order valence-electron chi connectivity index (χ2n) is 3.71. The normalized spacial score (nSPS) is 10.2. The number of benzene rings is 1. The molecule has 1 aromatic rings. The van der Waals surface area contributed by atoms with Crippen molar-refractivity contribution >= 4 is 5.91 Å². The molecule has 88 valence electrons. The number of rotatable bonds is 5. The Bertz CT molecular complexity index is 366. The molecule has 0 aromatic heterocycles. The van der Waals surface area contributed by atoms with Crippen molar-refractivity contribution in [3.05, 3.63) is 35.1 Å². The molecule has 3 N–H and O–H groups in total. The third-order valence-electron chi connectivity index (χ3n) is 2.39. The Hall–Kier alpha value is -1.42. The van der Waals surface area contributed by atoms with E-state index in [1.54, 1.807) is 6.07 Å². The molecular weight excluding hydrogens is 207 g/mol. The van der Waals surface area contributed by atoms with Crippen molar-refractivity contribution in [3.63, 3.8) is 0 Å². The maximum absolute atomic E-state index is 12.8. The highest BCUT2D eigenvalue weighted by Gasteiger charge is 2.02. The first kappa shape index (κ1) is 12.6. The van der Waals surface area contributed by atoms with E-state index < -0.39 is 0 Å². The molecule has 0 fully saturated rings. The summed E-state index contributed by atoms with van der Waals surface area (Å²) < 4.78 is 12.8. The van der Waals surface area contributed by atoms with Gasteiger partial charge in [-0.05, 0) is 36.6 Å². The van der Waals surface area contributed by atoms with Crippen molar-refractivity contribution in [1.29, 1.82) is 0 Å². The van der Waals surface area contributed by atoms with Crippen LogP contribution in [0.2, 0.25) is 0 Å². The molecule has 0 saturated carbocycles. The number of carbonyl (C=O) groups excluding carboxylic acids is 1. The highest BCUT2D eigenvalue weighted by molar-refractivity contribution is 5.76. The molecule has 0 unspecified atom stereocenters. The van der Waals surface area contributed by atoms with Gasteiger partial charge < -0.3 is 11.1 Å². The summed E-state index contributed by atoms with van der Waals surface area (Å²) in [5, 5.41) is 2.76. The molecule has 16 heavy (non-hydrogen) atoms. The maximum atomic E-state index is 12.8. The summed E-state index contributed by atoms with van der Waals surface area (Å²) in [5.41, 5.74) is 7.21. The van der Waals surface area contributed by atoms with Crippen molar-refractivity contribution in [3.8, 4) is 0 Å². The molecule has 0 aliphatic carbocycles. The lowest BCUT2D eigenvalue weighted by Crippen LogP contribution is -2.27. The van der Waals surface area contributed by atoms with Gasteiger partial charge in [0.25, 0.3) is 0 Å². The minimum Gasteiger partial charge on any atom is -0.356 e.